The van der Waals surface area contributed by atoms with Gasteiger partial charge in [0.2, 0.25) is 10.0 Å². The van der Waals surface area contributed by atoms with Gasteiger partial charge in [0, 0.05) is 12.6 Å². The van der Waals surface area contributed by atoms with E-state index in [9.17, 15) is 8.42 Å². The number of sulfonamides is 1. The minimum atomic E-state index is -3.56. The zero-order valence-corrected chi connectivity index (χ0v) is 13.3. The molecule has 0 saturated carbocycles. The van der Waals surface area contributed by atoms with E-state index < -0.39 is 10.0 Å². The highest BCUT2D eigenvalue weighted by Crippen LogP contribution is 2.36. The molecule has 118 valence electrons. The second kappa shape index (κ2) is 5.73. The first-order valence-corrected chi connectivity index (χ1v) is 8.55. The van der Waals surface area contributed by atoms with E-state index in [1.807, 2.05) is 6.92 Å². The lowest BCUT2D eigenvalue weighted by molar-refractivity contribution is 0.297. The first kappa shape index (κ1) is 15.1. The van der Waals surface area contributed by atoms with E-state index in [1.54, 1.807) is 37.4 Å². The number of rotatable bonds is 4. The van der Waals surface area contributed by atoms with Crippen molar-refractivity contribution in [2.24, 2.45) is 0 Å². The van der Waals surface area contributed by atoms with Crippen LogP contribution < -0.4 is 4.74 Å². The lowest BCUT2D eigenvalue weighted by atomic mass is 10.2. The summed E-state index contributed by atoms with van der Waals surface area (Å²) in [5.41, 5.74) is 0.753. The number of aryl methyl sites for hydroxylation is 1. The molecule has 1 aliphatic heterocycles. The fourth-order valence-corrected chi connectivity index (χ4v) is 4.40. The first-order chi connectivity index (χ1) is 10.5. The predicted octanol–water partition coefficient (Wildman–Crippen LogP) is 2.52. The van der Waals surface area contributed by atoms with Gasteiger partial charge in [-0.2, -0.15) is 4.31 Å². The summed E-state index contributed by atoms with van der Waals surface area (Å²) in [6, 6.07) is 7.94. The van der Waals surface area contributed by atoms with Gasteiger partial charge < -0.3 is 9.26 Å². The Balaban J connectivity index is 1.93. The number of methoxy groups -OCH3 is 1. The maximum atomic E-state index is 12.8. The van der Waals surface area contributed by atoms with Gasteiger partial charge in [-0.05, 0) is 44.0 Å². The van der Waals surface area contributed by atoms with Crippen molar-refractivity contribution in [3.8, 4) is 5.75 Å². The maximum Gasteiger partial charge on any atom is 0.243 e. The third-order valence-corrected chi connectivity index (χ3v) is 5.77. The molecule has 2 heterocycles. The van der Waals surface area contributed by atoms with Gasteiger partial charge in [-0.25, -0.2) is 8.42 Å². The summed E-state index contributed by atoms with van der Waals surface area (Å²) in [4.78, 5) is 0.261. The fourth-order valence-electron chi connectivity index (χ4n) is 2.74. The van der Waals surface area contributed by atoms with Crippen LogP contribution in [0.4, 0.5) is 0 Å². The Morgan fingerprint density at radius 3 is 2.64 bits per heavy atom. The minimum absolute atomic E-state index is 0.261. The van der Waals surface area contributed by atoms with Crippen molar-refractivity contribution >= 4 is 10.0 Å². The van der Waals surface area contributed by atoms with E-state index in [2.05, 4.69) is 5.16 Å². The molecule has 0 aliphatic carbocycles. The van der Waals surface area contributed by atoms with Gasteiger partial charge in [0.05, 0.1) is 23.7 Å². The smallest absolute Gasteiger partial charge is 0.243 e. The molecule has 1 aromatic carbocycles. The molecular weight excluding hydrogens is 304 g/mol. The highest BCUT2D eigenvalue weighted by molar-refractivity contribution is 7.89. The van der Waals surface area contributed by atoms with Crippen LogP contribution in [0.1, 0.15) is 30.3 Å². The van der Waals surface area contributed by atoms with E-state index in [0.717, 1.165) is 18.5 Å². The van der Waals surface area contributed by atoms with Crippen LogP contribution in [-0.4, -0.2) is 31.5 Å². The Kier molecular flexibility index (Phi) is 3.92. The maximum absolute atomic E-state index is 12.8. The molecule has 6 nitrogen and oxygen atoms in total. The fraction of sp³-hybridized carbons (Fsp3) is 0.400. The minimum Gasteiger partial charge on any atom is -0.497 e. The van der Waals surface area contributed by atoms with Gasteiger partial charge in [-0.1, -0.05) is 5.16 Å². The average molecular weight is 322 g/mol. The van der Waals surface area contributed by atoms with Crippen molar-refractivity contribution in [1.29, 1.82) is 0 Å². The van der Waals surface area contributed by atoms with Crippen LogP contribution in [0.3, 0.4) is 0 Å². The van der Waals surface area contributed by atoms with Gasteiger partial charge in [0.1, 0.15) is 5.75 Å². The van der Waals surface area contributed by atoms with Crippen LogP contribution in [0, 0.1) is 6.92 Å². The van der Waals surface area contributed by atoms with Crippen molar-refractivity contribution in [3.63, 3.8) is 0 Å². The van der Waals surface area contributed by atoms with Gasteiger partial charge in [0.15, 0.2) is 5.76 Å². The summed E-state index contributed by atoms with van der Waals surface area (Å²) < 4.78 is 37.5. The normalized spacial score (nSPS) is 19.5. The molecular formula is C15H18N2O4S. The molecule has 0 spiro atoms. The summed E-state index contributed by atoms with van der Waals surface area (Å²) in [7, 11) is -2.01. The predicted molar refractivity (Wildman–Crippen MR) is 80.1 cm³/mol. The Morgan fingerprint density at radius 1 is 1.32 bits per heavy atom. The highest BCUT2D eigenvalue weighted by Gasteiger charge is 2.38. The molecule has 1 saturated heterocycles. The standard InChI is InChI=1S/C15H18N2O4S/c1-11-10-15(21-16-11)14-4-3-9-17(14)22(18,19)13-7-5-12(20-2)6-8-13/h5-8,10,14H,3-4,9H2,1-2H3. The van der Waals surface area contributed by atoms with Gasteiger partial charge in [0.25, 0.3) is 0 Å². The summed E-state index contributed by atoms with van der Waals surface area (Å²) in [6.07, 6.45) is 1.55. The van der Waals surface area contributed by atoms with Crippen molar-refractivity contribution in [2.75, 3.05) is 13.7 Å². The van der Waals surface area contributed by atoms with Crippen LogP contribution in [0.5, 0.6) is 5.75 Å². The number of hydrogen-bond donors (Lipinski definition) is 0. The highest BCUT2D eigenvalue weighted by atomic mass is 32.2. The zero-order chi connectivity index (χ0) is 15.7. The number of ether oxygens (including phenoxy) is 1. The number of nitrogens with zero attached hydrogens (tertiary/aromatic N) is 2. The summed E-state index contributed by atoms with van der Waals surface area (Å²) in [5.74, 6) is 1.23. The van der Waals surface area contributed by atoms with Crippen molar-refractivity contribution in [1.82, 2.24) is 9.46 Å². The third-order valence-electron chi connectivity index (χ3n) is 3.84. The van der Waals surface area contributed by atoms with E-state index in [-0.39, 0.29) is 10.9 Å². The molecule has 2 aromatic rings. The van der Waals surface area contributed by atoms with Crippen molar-refractivity contribution in [3.05, 3.63) is 41.8 Å². The molecule has 0 radical (unpaired) electrons. The molecule has 1 aliphatic rings. The quantitative estimate of drug-likeness (QED) is 0.865. The van der Waals surface area contributed by atoms with Crippen molar-refractivity contribution < 1.29 is 17.7 Å². The second-order valence-electron chi connectivity index (χ2n) is 5.32. The van der Waals surface area contributed by atoms with Crippen LogP contribution in [0.25, 0.3) is 0 Å². The van der Waals surface area contributed by atoms with Gasteiger partial charge in [-0.3, -0.25) is 0 Å². The van der Waals surface area contributed by atoms with Crippen LogP contribution in [0.15, 0.2) is 39.8 Å². The molecule has 1 unspecified atom stereocenters. The average Bonchev–Trinajstić information content (AvgIpc) is 3.16. The monoisotopic (exact) mass is 322 g/mol. The summed E-state index contributed by atoms with van der Waals surface area (Å²) >= 11 is 0. The van der Waals surface area contributed by atoms with Crippen LogP contribution >= 0.6 is 0 Å². The molecule has 22 heavy (non-hydrogen) atoms. The van der Waals surface area contributed by atoms with Crippen molar-refractivity contribution in [2.45, 2.75) is 30.7 Å². The SMILES string of the molecule is COc1ccc(S(=O)(=O)N2CCCC2c2cc(C)no2)cc1. The van der Waals surface area contributed by atoms with Gasteiger partial charge >= 0.3 is 0 Å². The molecule has 3 rings (SSSR count). The summed E-state index contributed by atoms with van der Waals surface area (Å²) in [5, 5.41) is 3.86. The number of hydrogen-bond acceptors (Lipinski definition) is 5. The number of benzene rings is 1. The Bertz CT molecular complexity index is 752. The molecule has 0 amide bonds. The van der Waals surface area contributed by atoms with Gasteiger partial charge in [-0.15, -0.1) is 0 Å². The Hall–Kier alpha value is -1.86. The van der Waals surface area contributed by atoms with Crippen LogP contribution in [0.2, 0.25) is 0 Å². The van der Waals surface area contributed by atoms with E-state index in [4.69, 9.17) is 9.26 Å². The van der Waals surface area contributed by atoms with Crippen LogP contribution in [-0.2, 0) is 10.0 Å². The Morgan fingerprint density at radius 2 is 2.05 bits per heavy atom. The molecule has 0 bridgehead atoms. The first-order valence-electron chi connectivity index (χ1n) is 7.11. The number of aromatic nitrogens is 1. The molecule has 0 N–H and O–H groups in total. The summed E-state index contributed by atoms with van der Waals surface area (Å²) in [6.45, 7) is 2.31. The molecule has 7 heteroatoms. The molecule has 1 fully saturated rings. The second-order valence-corrected chi connectivity index (χ2v) is 7.21. The zero-order valence-electron chi connectivity index (χ0n) is 12.5. The molecule has 1 aromatic heterocycles. The topological polar surface area (TPSA) is 72.6 Å². The van der Waals surface area contributed by atoms with E-state index in [1.165, 1.54) is 4.31 Å². The van der Waals surface area contributed by atoms with E-state index in [0.29, 0.717) is 18.1 Å². The lowest BCUT2D eigenvalue weighted by Gasteiger charge is -2.22. The largest absolute Gasteiger partial charge is 0.497 e. The van der Waals surface area contributed by atoms with E-state index >= 15 is 0 Å². The molecule has 1 atom stereocenters. The third kappa shape index (κ3) is 2.62. The lowest BCUT2D eigenvalue weighted by Crippen LogP contribution is -2.30. The Labute approximate surface area is 129 Å².